The third-order valence-corrected chi connectivity index (χ3v) is 11.6. The van der Waals surface area contributed by atoms with Crippen LogP contribution in [0.2, 0.25) is 0 Å². The van der Waals surface area contributed by atoms with E-state index in [1.54, 1.807) is 0 Å². The van der Waals surface area contributed by atoms with Crippen LogP contribution in [-0.2, 0) is 0 Å². The molecule has 9 aromatic carbocycles. The molecule has 0 heterocycles. The van der Waals surface area contributed by atoms with Gasteiger partial charge in [-0.2, -0.15) is 0 Å². The highest BCUT2D eigenvalue weighted by molar-refractivity contribution is 6.25. The Morgan fingerprint density at radius 1 is 0.479 bits per heavy atom. The van der Waals surface area contributed by atoms with Crippen molar-refractivity contribution in [3.63, 3.8) is 0 Å². The lowest BCUT2D eigenvalue weighted by molar-refractivity contribution is 0.507. The molecule has 10 rings (SSSR count). The van der Waals surface area contributed by atoms with Crippen molar-refractivity contribution in [3.8, 4) is 11.1 Å². The first-order valence-electron chi connectivity index (χ1n) is 17.7. The van der Waals surface area contributed by atoms with Gasteiger partial charge in [0.05, 0.1) is 0 Å². The molecule has 1 aliphatic rings. The Kier molecular flexibility index (Phi) is 5.89. The van der Waals surface area contributed by atoms with Crippen LogP contribution in [0.5, 0.6) is 0 Å². The summed E-state index contributed by atoms with van der Waals surface area (Å²) in [4.78, 5) is 0. The molecule has 0 saturated carbocycles. The van der Waals surface area contributed by atoms with Crippen molar-refractivity contribution in [1.82, 2.24) is 0 Å². The molecule has 9 aromatic rings. The average molecular weight is 615 g/mol. The van der Waals surface area contributed by atoms with Crippen LogP contribution in [0.15, 0.2) is 127 Å². The molecule has 0 heteroatoms. The van der Waals surface area contributed by atoms with Gasteiger partial charge in [-0.3, -0.25) is 0 Å². The second kappa shape index (κ2) is 10.1. The lowest BCUT2D eigenvalue weighted by atomic mass is 9.74. The smallest absolute Gasteiger partial charge is 0.00206 e. The fourth-order valence-corrected chi connectivity index (χ4v) is 9.16. The van der Waals surface area contributed by atoms with Gasteiger partial charge in [0.2, 0.25) is 0 Å². The molecule has 48 heavy (non-hydrogen) atoms. The van der Waals surface area contributed by atoms with Gasteiger partial charge in [0.15, 0.2) is 0 Å². The van der Waals surface area contributed by atoms with Gasteiger partial charge >= 0.3 is 0 Å². The summed E-state index contributed by atoms with van der Waals surface area (Å²) in [5, 5.41) is 17.7. The zero-order valence-electron chi connectivity index (χ0n) is 28.1. The average Bonchev–Trinajstić information content (AvgIpc) is 3.11. The fourth-order valence-electron chi connectivity index (χ4n) is 9.16. The van der Waals surface area contributed by atoms with Crippen molar-refractivity contribution < 1.29 is 0 Å². The van der Waals surface area contributed by atoms with Crippen LogP contribution in [0.4, 0.5) is 0 Å². The summed E-state index contributed by atoms with van der Waals surface area (Å²) in [7, 11) is 0. The summed E-state index contributed by atoms with van der Waals surface area (Å²) in [6.07, 6.45) is 1.06. The van der Waals surface area contributed by atoms with E-state index in [9.17, 15) is 0 Å². The van der Waals surface area contributed by atoms with Gasteiger partial charge in [-0.25, -0.2) is 0 Å². The van der Waals surface area contributed by atoms with Gasteiger partial charge in [-0.05, 0) is 140 Å². The number of rotatable bonds is 4. The van der Waals surface area contributed by atoms with Crippen molar-refractivity contribution in [2.45, 2.75) is 46.0 Å². The predicted octanol–water partition coefficient (Wildman–Crippen LogP) is 12.9. The van der Waals surface area contributed by atoms with Crippen LogP contribution < -0.4 is 5.22 Å². The largest absolute Gasteiger partial charge is 0.0622 e. The van der Waals surface area contributed by atoms with Crippen molar-refractivity contribution in [3.05, 3.63) is 149 Å². The van der Waals surface area contributed by atoms with Crippen molar-refractivity contribution in [2.75, 3.05) is 0 Å². The summed E-state index contributed by atoms with van der Waals surface area (Å²) < 4.78 is 0. The summed E-state index contributed by atoms with van der Waals surface area (Å²) >= 11 is 0. The van der Waals surface area contributed by atoms with Crippen LogP contribution in [0.1, 0.15) is 62.6 Å². The number of hydrogen-bond donors (Lipinski definition) is 0. The maximum Gasteiger partial charge on any atom is -0.00206 e. The standard InChI is InChI=1S/C48H38/c1-27(2)37-18-14-33-17-21-41-43(28(3)4)26-44(42-23-22-39(37)47(33)48(41)42)35-13-9-29-8-12-34(24-36(29)25-35)38-19-15-32-11-10-30-6-5-7-31-16-20-40(38)46(32)45(30)31/h5-25,27-28,43H,26H2,1-4H3. The van der Waals surface area contributed by atoms with E-state index in [-0.39, 0.29) is 0 Å². The molecule has 1 aliphatic carbocycles. The number of benzene rings is 9. The molecule has 1 unspecified atom stereocenters. The van der Waals surface area contributed by atoms with E-state index in [1.807, 2.05) is 0 Å². The maximum absolute atomic E-state index is 2.47. The van der Waals surface area contributed by atoms with Crippen LogP contribution >= 0.6 is 0 Å². The van der Waals surface area contributed by atoms with Gasteiger partial charge < -0.3 is 0 Å². The number of hydrogen-bond acceptors (Lipinski definition) is 0. The van der Waals surface area contributed by atoms with E-state index >= 15 is 0 Å². The summed E-state index contributed by atoms with van der Waals surface area (Å²) in [6, 6.07) is 49.0. The van der Waals surface area contributed by atoms with Crippen LogP contribution in [0.25, 0.3) is 81.3 Å². The van der Waals surface area contributed by atoms with Crippen molar-refractivity contribution in [2.24, 2.45) is 5.92 Å². The minimum absolute atomic E-state index is 0.488. The Bertz CT molecular complexity index is 2790. The molecule has 0 aromatic heterocycles. The Hall–Kier alpha value is -5.20. The third-order valence-electron chi connectivity index (χ3n) is 11.6. The summed E-state index contributed by atoms with van der Waals surface area (Å²) in [5.41, 5.74) is 8.40. The molecule has 0 N–H and O–H groups in total. The predicted molar refractivity (Wildman–Crippen MR) is 209 cm³/mol. The van der Waals surface area contributed by atoms with Gasteiger partial charge in [0, 0.05) is 0 Å². The first-order valence-corrected chi connectivity index (χ1v) is 17.7. The van der Waals surface area contributed by atoms with Crippen LogP contribution in [0.3, 0.4) is 0 Å². The minimum atomic E-state index is 0.488. The van der Waals surface area contributed by atoms with Gasteiger partial charge in [0.1, 0.15) is 0 Å². The van der Waals surface area contributed by atoms with E-state index in [2.05, 4.69) is 155 Å². The van der Waals surface area contributed by atoms with E-state index in [4.69, 9.17) is 0 Å². The zero-order chi connectivity index (χ0) is 32.3. The molecular formula is C48H38. The highest BCUT2D eigenvalue weighted by Crippen LogP contribution is 2.44. The first-order chi connectivity index (χ1) is 23.4. The minimum Gasteiger partial charge on any atom is -0.0622 e. The quantitative estimate of drug-likeness (QED) is 0.173. The van der Waals surface area contributed by atoms with E-state index in [1.165, 1.54) is 103 Å². The summed E-state index contributed by atoms with van der Waals surface area (Å²) in [5.74, 6) is 1.53. The van der Waals surface area contributed by atoms with Crippen LogP contribution in [-0.4, -0.2) is 0 Å². The topological polar surface area (TPSA) is 0 Å². The zero-order valence-corrected chi connectivity index (χ0v) is 28.1. The molecule has 230 valence electrons. The highest BCUT2D eigenvalue weighted by atomic mass is 14.3. The molecule has 0 spiro atoms. The Balaban J connectivity index is 1.20. The van der Waals surface area contributed by atoms with Gasteiger partial charge in [-0.1, -0.05) is 143 Å². The van der Waals surface area contributed by atoms with E-state index < -0.39 is 0 Å². The third kappa shape index (κ3) is 3.90. The molecular weight excluding hydrogens is 577 g/mol. The Morgan fingerprint density at radius 2 is 1.08 bits per heavy atom. The van der Waals surface area contributed by atoms with Gasteiger partial charge in [0.25, 0.3) is 0 Å². The molecule has 0 saturated heterocycles. The summed E-state index contributed by atoms with van der Waals surface area (Å²) in [6.45, 7) is 9.44. The van der Waals surface area contributed by atoms with E-state index in [0.29, 0.717) is 17.8 Å². The first kappa shape index (κ1) is 27.9. The molecule has 0 aliphatic heterocycles. The molecule has 0 amide bonds. The van der Waals surface area contributed by atoms with Gasteiger partial charge in [-0.15, -0.1) is 0 Å². The fraction of sp³-hybridized carbons (Fsp3) is 0.167. The highest BCUT2D eigenvalue weighted by Gasteiger charge is 2.27. The van der Waals surface area contributed by atoms with Crippen molar-refractivity contribution in [1.29, 1.82) is 0 Å². The lowest BCUT2D eigenvalue weighted by Crippen LogP contribution is -2.22. The Morgan fingerprint density at radius 3 is 1.85 bits per heavy atom. The SMILES string of the molecule is CC(C)c1ccc2ccc3c4c(ccc1c24)=C(c1ccc2ccc(-c4ccc5ccc6cccc7ccc4c5c67)cc2c1)CC3C(C)C. The monoisotopic (exact) mass is 614 g/mol. The Labute approximate surface area is 281 Å². The molecule has 0 bridgehead atoms. The number of fused-ring (bicyclic) bond motifs is 1. The second-order valence-electron chi connectivity index (χ2n) is 14.9. The molecule has 0 nitrogen and oxygen atoms in total. The molecule has 1 atom stereocenters. The molecule has 0 radical (unpaired) electrons. The maximum atomic E-state index is 2.47. The lowest BCUT2D eigenvalue weighted by Gasteiger charge is -2.30. The molecule has 0 fully saturated rings. The van der Waals surface area contributed by atoms with Crippen molar-refractivity contribution >= 4 is 70.2 Å². The second-order valence-corrected chi connectivity index (χ2v) is 14.9. The van der Waals surface area contributed by atoms with Crippen LogP contribution in [0, 0.1) is 5.92 Å². The van der Waals surface area contributed by atoms with E-state index in [0.717, 1.165) is 6.42 Å². The normalized spacial score (nSPS) is 15.1.